The highest BCUT2D eigenvalue weighted by molar-refractivity contribution is 7.89. The molecular weight excluding hydrogens is 370 g/mol. The van der Waals surface area contributed by atoms with E-state index in [-0.39, 0.29) is 17.2 Å². The number of carbonyl (C=O) groups excluding carboxylic acids is 1. The third-order valence-corrected chi connectivity index (χ3v) is 6.79. The summed E-state index contributed by atoms with van der Waals surface area (Å²) in [6.45, 7) is 1.96. The topological polar surface area (TPSA) is 67.6 Å². The Kier molecular flexibility index (Phi) is 5.70. The summed E-state index contributed by atoms with van der Waals surface area (Å²) in [6, 6.07) is 13.5. The molecule has 1 aromatic carbocycles. The molecule has 3 aromatic rings. The minimum atomic E-state index is -3.71. The number of ketones is 1. The number of nitrogens with zero attached hydrogens (tertiary/aromatic N) is 1. The lowest BCUT2D eigenvalue weighted by Gasteiger charge is -2.21. The number of hydrogen-bond donors (Lipinski definition) is 0. The van der Waals surface area contributed by atoms with Crippen LogP contribution in [0.4, 0.5) is 0 Å². The SMILES string of the molecule is CC(=O)c1ccc(S(=O)(=O)N(CCc2cccs2)Cc2ccco2)cc1. The molecule has 0 saturated carbocycles. The quantitative estimate of drug-likeness (QED) is 0.547. The average molecular weight is 389 g/mol. The Hall–Kier alpha value is -2.22. The first-order chi connectivity index (χ1) is 12.5. The van der Waals surface area contributed by atoms with Crippen LogP contribution in [0.1, 0.15) is 27.9 Å². The van der Waals surface area contributed by atoms with E-state index in [2.05, 4.69) is 0 Å². The third kappa shape index (κ3) is 4.30. The van der Waals surface area contributed by atoms with E-state index < -0.39 is 10.0 Å². The van der Waals surface area contributed by atoms with Gasteiger partial charge < -0.3 is 4.42 Å². The molecule has 0 aliphatic rings. The van der Waals surface area contributed by atoms with Crippen molar-refractivity contribution >= 4 is 27.1 Å². The minimum Gasteiger partial charge on any atom is -0.468 e. The number of carbonyl (C=O) groups is 1. The first kappa shape index (κ1) is 18.6. The summed E-state index contributed by atoms with van der Waals surface area (Å²) < 4.78 is 32.9. The Morgan fingerprint density at radius 3 is 2.46 bits per heavy atom. The lowest BCUT2D eigenvalue weighted by molar-refractivity contribution is 0.101. The molecule has 0 bridgehead atoms. The highest BCUT2D eigenvalue weighted by atomic mass is 32.2. The Labute approximate surface area is 156 Å². The highest BCUT2D eigenvalue weighted by Crippen LogP contribution is 2.21. The molecule has 0 saturated heterocycles. The summed E-state index contributed by atoms with van der Waals surface area (Å²) >= 11 is 1.60. The number of benzene rings is 1. The Morgan fingerprint density at radius 1 is 1.12 bits per heavy atom. The predicted octanol–water partition coefficient (Wildman–Crippen LogP) is 3.98. The predicted molar refractivity (Wildman–Crippen MR) is 101 cm³/mol. The standard InChI is InChI=1S/C19H19NO4S2/c1-15(21)16-6-8-19(9-7-16)26(22,23)20(14-17-4-2-12-24-17)11-10-18-5-3-13-25-18/h2-9,12-13H,10-11,14H2,1H3. The van der Waals surface area contributed by atoms with Crippen LogP contribution in [-0.2, 0) is 23.0 Å². The number of sulfonamides is 1. The lowest BCUT2D eigenvalue weighted by Crippen LogP contribution is -2.32. The van der Waals surface area contributed by atoms with Gasteiger partial charge in [0.15, 0.2) is 5.78 Å². The van der Waals surface area contributed by atoms with Gasteiger partial charge in [-0.1, -0.05) is 18.2 Å². The van der Waals surface area contributed by atoms with E-state index in [1.165, 1.54) is 29.6 Å². The van der Waals surface area contributed by atoms with Crippen LogP contribution in [0, 0.1) is 0 Å². The molecule has 0 fully saturated rings. The van der Waals surface area contributed by atoms with Crippen molar-refractivity contribution < 1.29 is 17.6 Å². The minimum absolute atomic E-state index is 0.0981. The summed E-state index contributed by atoms with van der Waals surface area (Å²) in [6.07, 6.45) is 2.16. The van der Waals surface area contributed by atoms with Crippen LogP contribution in [0.15, 0.2) is 69.5 Å². The summed E-state index contributed by atoms with van der Waals surface area (Å²) in [5, 5.41) is 1.97. The molecule has 0 unspecified atom stereocenters. The fourth-order valence-corrected chi connectivity index (χ4v) is 4.67. The number of Topliss-reactive ketones (excluding diaryl/α,β-unsaturated/α-hetero) is 1. The molecule has 0 aliphatic carbocycles. The maximum atomic E-state index is 13.1. The maximum Gasteiger partial charge on any atom is 0.243 e. The van der Waals surface area contributed by atoms with Crippen molar-refractivity contribution in [3.05, 3.63) is 76.4 Å². The van der Waals surface area contributed by atoms with E-state index in [0.717, 1.165) is 4.88 Å². The van der Waals surface area contributed by atoms with Gasteiger partial charge in [-0.25, -0.2) is 8.42 Å². The molecule has 3 rings (SSSR count). The normalized spacial score (nSPS) is 11.8. The van der Waals surface area contributed by atoms with Gasteiger partial charge in [0.1, 0.15) is 5.76 Å². The maximum absolute atomic E-state index is 13.1. The van der Waals surface area contributed by atoms with Gasteiger partial charge >= 0.3 is 0 Å². The van der Waals surface area contributed by atoms with Gasteiger partial charge in [-0.2, -0.15) is 4.31 Å². The van der Waals surface area contributed by atoms with Crippen molar-refractivity contribution in [2.75, 3.05) is 6.54 Å². The molecule has 136 valence electrons. The van der Waals surface area contributed by atoms with Gasteiger partial charge in [0.2, 0.25) is 10.0 Å². The van der Waals surface area contributed by atoms with Crippen molar-refractivity contribution in [1.82, 2.24) is 4.31 Å². The molecule has 26 heavy (non-hydrogen) atoms. The monoisotopic (exact) mass is 389 g/mol. The van der Waals surface area contributed by atoms with E-state index in [9.17, 15) is 13.2 Å². The molecule has 0 N–H and O–H groups in total. The molecule has 0 aliphatic heterocycles. The number of rotatable bonds is 8. The van der Waals surface area contributed by atoms with E-state index >= 15 is 0 Å². The summed E-state index contributed by atoms with van der Waals surface area (Å²) in [5.41, 5.74) is 0.486. The fourth-order valence-electron chi connectivity index (χ4n) is 2.56. The molecule has 7 heteroatoms. The summed E-state index contributed by atoms with van der Waals surface area (Å²) in [7, 11) is -3.71. The second-order valence-electron chi connectivity index (χ2n) is 5.83. The van der Waals surface area contributed by atoms with E-state index in [4.69, 9.17) is 4.42 Å². The van der Waals surface area contributed by atoms with E-state index in [1.807, 2.05) is 17.5 Å². The number of thiophene rings is 1. The zero-order valence-corrected chi connectivity index (χ0v) is 15.9. The molecule has 0 spiro atoms. The van der Waals surface area contributed by atoms with Crippen LogP contribution < -0.4 is 0 Å². The van der Waals surface area contributed by atoms with Crippen LogP contribution in [-0.4, -0.2) is 25.1 Å². The van der Waals surface area contributed by atoms with Gasteiger partial charge in [-0.05, 0) is 49.1 Å². The van der Waals surface area contributed by atoms with E-state index in [1.54, 1.807) is 35.6 Å². The largest absolute Gasteiger partial charge is 0.468 e. The van der Waals surface area contributed by atoms with Gasteiger partial charge in [-0.3, -0.25) is 4.79 Å². The van der Waals surface area contributed by atoms with Crippen LogP contribution in [0.25, 0.3) is 0 Å². The molecule has 2 aromatic heterocycles. The van der Waals surface area contributed by atoms with Crippen LogP contribution >= 0.6 is 11.3 Å². The second-order valence-corrected chi connectivity index (χ2v) is 8.80. The average Bonchev–Trinajstić information content (AvgIpc) is 3.32. The third-order valence-electron chi connectivity index (χ3n) is 4.00. The first-order valence-corrected chi connectivity index (χ1v) is 10.4. The van der Waals surface area contributed by atoms with E-state index in [0.29, 0.717) is 24.3 Å². The van der Waals surface area contributed by atoms with Gasteiger partial charge in [0.25, 0.3) is 0 Å². The molecule has 5 nitrogen and oxygen atoms in total. The Balaban J connectivity index is 1.86. The van der Waals surface area contributed by atoms with Crippen molar-refractivity contribution in [3.8, 4) is 0 Å². The highest BCUT2D eigenvalue weighted by Gasteiger charge is 2.25. The fraction of sp³-hybridized carbons (Fsp3) is 0.211. The first-order valence-electron chi connectivity index (χ1n) is 8.13. The summed E-state index contributed by atoms with van der Waals surface area (Å²) in [5.74, 6) is 0.485. The summed E-state index contributed by atoms with van der Waals surface area (Å²) in [4.78, 5) is 12.7. The lowest BCUT2D eigenvalue weighted by atomic mass is 10.2. The van der Waals surface area contributed by atoms with Crippen LogP contribution in [0.2, 0.25) is 0 Å². The van der Waals surface area contributed by atoms with Gasteiger partial charge in [0.05, 0.1) is 17.7 Å². The zero-order chi connectivity index (χ0) is 18.6. The Bertz CT molecular complexity index is 944. The van der Waals surface area contributed by atoms with Crippen LogP contribution in [0.5, 0.6) is 0 Å². The molecule has 0 atom stereocenters. The van der Waals surface area contributed by atoms with Crippen molar-refractivity contribution in [2.24, 2.45) is 0 Å². The second kappa shape index (κ2) is 7.99. The van der Waals surface area contributed by atoms with Crippen molar-refractivity contribution in [1.29, 1.82) is 0 Å². The van der Waals surface area contributed by atoms with Crippen molar-refractivity contribution in [3.63, 3.8) is 0 Å². The number of furan rings is 1. The Morgan fingerprint density at radius 2 is 1.88 bits per heavy atom. The van der Waals surface area contributed by atoms with Crippen molar-refractivity contribution in [2.45, 2.75) is 24.8 Å². The smallest absolute Gasteiger partial charge is 0.243 e. The molecular formula is C19H19NO4S2. The van der Waals surface area contributed by atoms with Gasteiger partial charge in [-0.15, -0.1) is 11.3 Å². The molecule has 2 heterocycles. The van der Waals surface area contributed by atoms with Gasteiger partial charge in [0, 0.05) is 17.0 Å². The number of hydrogen-bond acceptors (Lipinski definition) is 5. The van der Waals surface area contributed by atoms with Crippen LogP contribution in [0.3, 0.4) is 0 Å². The molecule has 0 radical (unpaired) electrons. The zero-order valence-electron chi connectivity index (χ0n) is 14.3. The molecule has 0 amide bonds.